The van der Waals surface area contributed by atoms with Gasteiger partial charge in [-0.05, 0) is 13.1 Å². The number of nitriles is 1. The summed E-state index contributed by atoms with van der Waals surface area (Å²) >= 11 is 0. The number of hydrogen-bond donors (Lipinski definition) is 0. The molecule has 0 spiro atoms. The lowest BCUT2D eigenvalue weighted by atomic mass is 10.4. The van der Waals surface area contributed by atoms with Gasteiger partial charge < -0.3 is 9.80 Å². The van der Waals surface area contributed by atoms with Crippen LogP contribution in [0.15, 0.2) is 25.2 Å². The summed E-state index contributed by atoms with van der Waals surface area (Å²) in [4.78, 5) is 3.73. The van der Waals surface area contributed by atoms with E-state index in [-0.39, 0.29) is 6.17 Å². The van der Waals surface area contributed by atoms with Gasteiger partial charge in [0.1, 0.15) is 6.07 Å². The molecule has 0 saturated heterocycles. The van der Waals surface area contributed by atoms with Crippen LogP contribution in [-0.4, -0.2) is 22.5 Å². The minimum Gasteiger partial charge on any atom is -0.344 e. The van der Waals surface area contributed by atoms with Gasteiger partial charge in [0, 0.05) is 18.9 Å². The van der Waals surface area contributed by atoms with Gasteiger partial charge in [-0.3, -0.25) is 0 Å². The summed E-state index contributed by atoms with van der Waals surface area (Å²) in [5.41, 5.74) is 0. The second-order valence-corrected chi connectivity index (χ2v) is 2.26. The molecule has 0 radical (unpaired) electrons. The van der Waals surface area contributed by atoms with Crippen molar-refractivity contribution in [3.63, 3.8) is 0 Å². The first-order valence-corrected chi connectivity index (χ1v) is 3.57. The molecule has 0 aromatic carbocycles. The normalized spacial score (nSPS) is 22.0. The van der Waals surface area contributed by atoms with Crippen molar-refractivity contribution in [3.05, 3.63) is 25.2 Å². The van der Waals surface area contributed by atoms with E-state index in [1.165, 1.54) is 0 Å². The lowest BCUT2D eigenvalue weighted by Crippen LogP contribution is -2.34. The molecule has 0 aromatic rings. The molecule has 0 bridgehead atoms. The largest absolute Gasteiger partial charge is 0.344 e. The van der Waals surface area contributed by atoms with E-state index in [2.05, 4.69) is 12.6 Å². The Labute approximate surface area is 66.8 Å². The maximum absolute atomic E-state index is 8.75. The monoisotopic (exact) mass is 149 g/mol. The van der Waals surface area contributed by atoms with E-state index in [0.29, 0.717) is 0 Å². The van der Waals surface area contributed by atoms with Gasteiger partial charge in [-0.2, -0.15) is 5.26 Å². The maximum atomic E-state index is 8.75. The Kier molecular flexibility index (Phi) is 2.17. The van der Waals surface area contributed by atoms with E-state index in [1.54, 1.807) is 11.1 Å². The van der Waals surface area contributed by atoms with Crippen molar-refractivity contribution in [2.75, 3.05) is 6.54 Å². The molecular weight excluding hydrogens is 138 g/mol. The molecule has 0 saturated carbocycles. The fraction of sp³-hybridized carbons (Fsp3) is 0.375. The molecule has 1 heterocycles. The molecule has 0 N–H and O–H groups in total. The second kappa shape index (κ2) is 3.11. The highest BCUT2D eigenvalue weighted by molar-refractivity contribution is 5.08. The van der Waals surface area contributed by atoms with Crippen LogP contribution >= 0.6 is 0 Å². The number of nitrogens with zero attached hydrogens (tertiary/aromatic N) is 3. The summed E-state index contributed by atoms with van der Waals surface area (Å²) in [6.45, 7) is 6.47. The van der Waals surface area contributed by atoms with Crippen LogP contribution in [0.25, 0.3) is 0 Å². The quantitative estimate of drug-likeness (QED) is 0.588. The first-order chi connectivity index (χ1) is 5.33. The first-order valence-electron chi connectivity index (χ1n) is 3.57. The molecule has 1 aliphatic rings. The van der Waals surface area contributed by atoms with E-state index >= 15 is 0 Å². The van der Waals surface area contributed by atoms with Crippen LogP contribution in [0.2, 0.25) is 0 Å². The van der Waals surface area contributed by atoms with Crippen LogP contribution < -0.4 is 0 Å². The topological polar surface area (TPSA) is 30.3 Å². The summed E-state index contributed by atoms with van der Waals surface area (Å²) in [5, 5.41) is 8.75. The second-order valence-electron chi connectivity index (χ2n) is 2.26. The Balaban J connectivity index is 2.71. The summed E-state index contributed by atoms with van der Waals surface area (Å²) in [7, 11) is 0. The Hall–Kier alpha value is -1.43. The lowest BCUT2D eigenvalue weighted by molar-refractivity contribution is 0.257. The van der Waals surface area contributed by atoms with Crippen molar-refractivity contribution in [2.24, 2.45) is 0 Å². The van der Waals surface area contributed by atoms with Gasteiger partial charge in [-0.1, -0.05) is 6.58 Å². The average Bonchev–Trinajstić information content (AvgIpc) is 2.45. The summed E-state index contributed by atoms with van der Waals surface area (Å²) in [6, 6.07) is 2.18. The molecular formula is C8H11N3. The first kappa shape index (κ1) is 7.67. The molecule has 1 atom stereocenters. The Morgan fingerprint density at radius 2 is 2.45 bits per heavy atom. The van der Waals surface area contributed by atoms with Crippen LogP contribution in [0.1, 0.15) is 6.92 Å². The summed E-state index contributed by atoms with van der Waals surface area (Å²) in [6.07, 6.45) is 5.21. The zero-order valence-electron chi connectivity index (χ0n) is 6.57. The molecule has 11 heavy (non-hydrogen) atoms. The van der Waals surface area contributed by atoms with Gasteiger partial charge in [0.05, 0.1) is 0 Å². The molecule has 0 aromatic heterocycles. The van der Waals surface area contributed by atoms with Crippen molar-refractivity contribution in [1.29, 1.82) is 5.26 Å². The molecule has 1 unspecified atom stereocenters. The molecule has 0 aliphatic carbocycles. The fourth-order valence-electron chi connectivity index (χ4n) is 1.08. The lowest BCUT2D eigenvalue weighted by Gasteiger charge is -2.22. The minimum atomic E-state index is -0.197. The standard InChI is InChI=1S/C8H11N3/c1-3-10-5-6-11(4-2)8(10)7-9/h3,5-6,8H,1,4H2,2H3. The van der Waals surface area contributed by atoms with Crippen molar-refractivity contribution >= 4 is 0 Å². The SMILES string of the molecule is C=CN1C=CN(CC)C1C#N. The highest BCUT2D eigenvalue weighted by Crippen LogP contribution is 2.13. The molecule has 0 fully saturated rings. The van der Waals surface area contributed by atoms with E-state index in [1.807, 2.05) is 24.2 Å². The maximum Gasteiger partial charge on any atom is 0.195 e. The summed E-state index contributed by atoms with van der Waals surface area (Å²) in [5.74, 6) is 0. The van der Waals surface area contributed by atoms with E-state index in [4.69, 9.17) is 5.26 Å². The van der Waals surface area contributed by atoms with Crippen LogP contribution in [0.4, 0.5) is 0 Å². The third-order valence-corrected chi connectivity index (χ3v) is 1.72. The van der Waals surface area contributed by atoms with Crippen LogP contribution in [0, 0.1) is 11.3 Å². The van der Waals surface area contributed by atoms with Gasteiger partial charge in [0.15, 0.2) is 6.17 Å². The van der Waals surface area contributed by atoms with E-state index < -0.39 is 0 Å². The molecule has 3 heteroatoms. The van der Waals surface area contributed by atoms with Crippen molar-refractivity contribution < 1.29 is 0 Å². The Bertz CT molecular complexity index is 214. The predicted octanol–water partition coefficient (Wildman–Crippen LogP) is 1.09. The average molecular weight is 149 g/mol. The van der Waals surface area contributed by atoms with Crippen LogP contribution in [-0.2, 0) is 0 Å². The third-order valence-electron chi connectivity index (χ3n) is 1.72. The zero-order valence-corrected chi connectivity index (χ0v) is 6.57. The van der Waals surface area contributed by atoms with Crippen molar-refractivity contribution in [2.45, 2.75) is 13.1 Å². The molecule has 3 nitrogen and oxygen atoms in total. The summed E-state index contributed by atoms with van der Waals surface area (Å²) < 4.78 is 0. The highest BCUT2D eigenvalue weighted by Gasteiger charge is 2.21. The van der Waals surface area contributed by atoms with Gasteiger partial charge in [-0.25, -0.2) is 0 Å². The van der Waals surface area contributed by atoms with Crippen molar-refractivity contribution in [3.8, 4) is 6.07 Å². The van der Waals surface area contributed by atoms with Crippen molar-refractivity contribution in [1.82, 2.24) is 9.80 Å². The van der Waals surface area contributed by atoms with Crippen LogP contribution in [0.5, 0.6) is 0 Å². The Morgan fingerprint density at radius 3 is 2.91 bits per heavy atom. The van der Waals surface area contributed by atoms with Gasteiger partial charge >= 0.3 is 0 Å². The molecule has 0 amide bonds. The van der Waals surface area contributed by atoms with Gasteiger partial charge in [0.25, 0.3) is 0 Å². The molecule has 1 rings (SSSR count). The van der Waals surface area contributed by atoms with Gasteiger partial charge in [-0.15, -0.1) is 0 Å². The number of hydrogen-bond acceptors (Lipinski definition) is 3. The van der Waals surface area contributed by atoms with E-state index in [0.717, 1.165) is 6.54 Å². The molecule has 58 valence electrons. The molecule has 1 aliphatic heterocycles. The van der Waals surface area contributed by atoms with Crippen LogP contribution in [0.3, 0.4) is 0 Å². The van der Waals surface area contributed by atoms with E-state index in [9.17, 15) is 0 Å². The smallest absolute Gasteiger partial charge is 0.195 e. The fourth-order valence-corrected chi connectivity index (χ4v) is 1.08. The highest BCUT2D eigenvalue weighted by atomic mass is 15.4. The third kappa shape index (κ3) is 1.20. The number of rotatable bonds is 2. The minimum absolute atomic E-state index is 0.197. The van der Waals surface area contributed by atoms with Gasteiger partial charge in [0.2, 0.25) is 0 Å². The zero-order chi connectivity index (χ0) is 8.27. The Morgan fingerprint density at radius 1 is 1.73 bits per heavy atom. The predicted molar refractivity (Wildman–Crippen MR) is 43.0 cm³/mol.